The van der Waals surface area contributed by atoms with Gasteiger partial charge in [-0.05, 0) is 44.5 Å². The summed E-state index contributed by atoms with van der Waals surface area (Å²) in [6.07, 6.45) is -0.146. The van der Waals surface area contributed by atoms with Crippen molar-refractivity contribution in [3.05, 3.63) is 28.8 Å². The first-order valence-electron chi connectivity index (χ1n) is 7.03. The predicted molar refractivity (Wildman–Crippen MR) is 88.5 cm³/mol. The van der Waals surface area contributed by atoms with Gasteiger partial charge in [0.25, 0.3) is 0 Å². The fourth-order valence-electron chi connectivity index (χ4n) is 1.74. The number of rotatable bonds is 7. The molecule has 0 fully saturated rings. The summed E-state index contributed by atoms with van der Waals surface area (Å²) in [5, 5.41) is 0.154. The molecular formula is C15H20ClF2NO4S. The summed E-state index contributed by atoms with van der Waals surface area (Å²) in [6.45, 7) is 2.27. The Bertz CT molecular complexity index is 569. The molecule has 24 heavy (non-hydrogen) atoms. The van der Waals surface area contributed by atoms with Crippen LogP contribution in [0, 0.1) is 0 Å². The molecule has 0 aliphatic heterocycles. The van der Waals surface area contributed by atoms with Crippen molar-refractivity contribution in [1.82, 2.24) is 4.72 Å². The molecule has 0 spiro atoms. The number of ether oxygens (including phenoxy) is 2. The van der Waals surface area contributed by atoms with Gasteiger partial charge in [0.1, 0.15) is 10.5 Å². The minimum Gasteiger partial charge on any atom is -0.598 e. The number of halogens is 3. The number of esters is 1. The van der Waals surface area contributed by atoms with Gasteiger partial charge in [-0.3, -0.25) is 4.79 Å². The zero-order valence-electron chi connectivity index (χ0n) is 13.8. The van der Waals surface area contributed by atoms with Crippen LogP contribution in [0.15, 0.2) is 18.2 Å². The average molecular weight is 384 g/mol. The Morgan fingerprint density at radius 2 is 2.00 bits per heavy atom. The van der Waals surface area contributed by atoms with E-state index in [4.69, 9.17) is 11.6 Å². The van der Waals surface area contributed by atoms with E-state index in [9.17, 15) is 18.1 Å². The zero-order valence-corrected chi connectivity index (χ0v) is 15.3. The van der Waals surface area contributed by atoms with Gasteiger partial charge in [-0.2, -0.15) is 8.78 Å². The van der Waals surface area contributed by atoms with Crippen LogP contribution in [0.4, 0.5) is 8.78 Å². The van der Waals surface area contributed by atoms with E-state index in [1.165, 1.54) is 25.3 Å². The van der Waals surface area contributed by atoms with Crippen LogP contribution in [0.5, 0.6) is 5.75 Å². The van der Waals surface area contributed by atoms with Gasteiger partial charge >= 0.3 is 12.6 Å². The molecule has 0 aliphatic rings. The highest BCUT2D eigenvalue weighted by atomic mass is 35.5. The van der Waals surface area contributed by atoms with E-state index in [2.05, 4.69) is 14.2 Å². The van der Waals surface area contributed by atoms with Crippen molar-refractivity contribution in [2.75, 3.05) is 7.11 Å². The Hall–Kier alpha value is -1.09. The molecule has 0 bridgehead atoms. The maximum Gasteiger partial charge on any atom is 0.387 e. The number of carbonyl (C=O) groups is 1. The molecule has 0 aliphatic carbocycles. The largest absolute Gasteiger partial charge is 0.598 e. The molecule has 2 unspecified atom stereocenters. The number of methoxy groups -OCH3 is 1. The van der Waals surface area contributed by atoms with Crippen LogP contribution in [0.1, 0.15) is 38.8 Å². The Labute approximate surface area is 148 Å². The molecule has 0 saturated carbocycles. The van der Waals surface area contributed by atoms with Crippen LogP contribution < -0.4 is 9.46 Å². The Kier molecular flexibility index (Phi) is 7.72. The fourth-order valence-corrected chi connectivity index (χ4v) is 2.80. The summed E-state index contributed by atoms with van der Waals surface area (Å²) in [5.41, 5.74) is 0.390. The predicted octanol–water partition coefficient (Wildman–Crippen LogP) is 3.60. The molecule has 2 atom stereocenters. The lowest BCUT2D eigenvalue weighted by atomic mass is 10.0. The molecule has 0 aromatic heterocycles. The molecule has 0 amide bonds. The Balaban J connectivity index is 3.13. The molecule has 1 aromatic rings. The van der Waals surface area contributed by atoms with Gasteiger partial charge in [-0.15, -0.1) is 4.72 Å². The minimum atomic E-state index is -3.01. The number of alkyl halides is 2. The van der Waals surface area contributed by atoms with Crippen molar-refractivity contribution in [3.8, 4) is 5.75 Å². The Morgan fingerprint density at radius 3 is 2.50 bits per heavy atom. The van der Waals surface area contributed by atoms with Crippen molar-refractivity contribution >= 4 is 28.9 Å². The van der Waals surface area contributed by atoms with E-state index in [0.29, 0.717) is 5.56 Å². The van der Waals surface area contributed by atoms with Crippen LogP contribution >= 0.6 is 11.6 Å². The molecule has 136 valence electrons. The van der Waals surface area contributed by atoms with E-state index < -0.39 is 34.7 Å². The molecule has 1 aromatic carbocycles. The van der Waals surface area contributed by atoms with Gasteiger partial charge in [0, 0.05) is 16.4 Å². The second-order valence-electron chi connectivity index (χ2n) is 5.93. The maximum atomic E-state index is 12.4. The molecule has 5 nitrogen and oxygen atoms in total. The average Bonchev–Trinajstić information content (AvgIpc) is 2.43. The SMILES string of the molecule is COC(=O)CC(N[S+]([O-])C(C)(C)C)c1cc(Cl)cc(OC(F)F)c1. The molecule has 0 heterocycles. The number of carbonyl (C=O) groups excluding carboxylic acids is 1. The molecule has 0 radical (unpaired) electrons. The lowest BCUT2D eigenvalue weighted by Gasteiger charge is -2.28. The highest BCUT2D eigenvalue weighted by molar-refractivity contribution is 7.90. The molecule has 1 rings (SSSR count). The second-order valence-corrected chi connectivity index (χ2v) is 8.36. The number of hydrogen-bond donors (Lipinski definition) is 1. The van der Waals surface area contributed by atoms with E-state index >= 15 is 0 Å². The van der Waals surface area contributed by atoms with Gasteiger partial charge in [-0.1, -0.05) is 11.6 Å². The normalized spacial score (nSPS) is 14.4. The number of nitrogens with one attached hydrogen (secondary N) is 1. The highest BCUT2D eigenvalue weighted by Crippen LogP contribution is 2.29. The second kappa shape index (κ2) is 8.84. The van der Waals surface area contributed by atoms with Crippen LogP contribution in [0.25, 0.3) is 0 Å². The third-order valence-electron chi connectivity index (χ3n) is 2.93. The van der Waals surface area contributed by atoms with Gasteiger partial charge in [0.15, 0.2) is 0 Å². The summed E-state index contributed by atoms with van der Waals surface area (Å²) in [4.78, 5) is 11.6. The summed E-state index contributed by atoms with van der Waals surface area (Å²) in [6, 6.07) is 3.29. The molecular weight excluding hydrogens is 364 g/mol. The molecule has 1 N–H and O–H groups in total. The zero-order chi connectivity index (χ0) is 18.5. The van der Waals surface area contributed by atoms with E-state index in [1.807, 2.05) is 0 Å². The van der Waals surface area contributed by atoms with E-state index in [-0.39, 0.29) is 17.2 Å². The third-order valence-corrected chi connectivity index (χ3v) is 4.75. The lowest BCUT2D eigenvalue weighted by Crippen LogP contribution is -2.41. The van der Waals surface area contributed by atoms with E-state index in [0.717, 1.165) is 0 Å². The van der Waals surface area contributed by atoms with Crippen LogP contribution in [-0.4, -0.2) is 29.0 Å². The standard InChI is InChI=1S/C15H20ClF2NO4S/c1-15(2,3)24(21)19-12(8-13(20)22-4)9-5-10(16)7-11(6-9)23-14(17)18/h5-7,12,14,19H,8H2,1-4H3. The first-order valence-corrected chi connectivity index (χ1v) is 8.56. The maximum absolute atomic E-state index is 12.4. The summed E-state index contributed by atoms with van der Waals surface area (Å²) < 4.78 is 48.4. The lowest BCUT2D eigenvalue weighted by molar-refractivity contribution is -0.141. The van der Waals surface area contributed by atoms with Gasteiger partial charge < -0.3 is 14.0 Å². The fraction of sp³-hybridized carbons (Fsp3) is 0.533. The summed E-state index contributed by atoms with van der Waals surface area (Å²) in [7, 11) is 1.23. The first-order chi connectivity index (χ1) is 11.0. The van der Waals surface area contributed by atoms with Gasteiger partial charge in [0.05, 0.1) is 19.6 Å². The van der Waals surface area contributed by atoms with Crippen molar-refractivity contribution in [2.45, 2.75) is 44.6 Å². The minimum absolute atomic E-state index is 0.146. The first kappa shape index (κ1) is 21.0. The molecule has 0 saturated heterocycles. The topological polar surface area (TPSA) is 70.6 Å². The van der Waals surface area contributed by atoms with Crippen LogP contribution in [-0.2, 0) is 20.9 Å². The smallest absolute Gasteiger partial charge is 0.387 e. The highest BCUT2D eigenvalue weighted by Gasteiger charge is 2.31. The van der Waals surface area contributed by atoms with Crippen molar-refractivity contribution < 1.29 is 27.6 Å². The quantitative estimate of drug-likeness (QED) is 0.575. The van der Waals surface area contributed by atoms with Crippen molar-refractivity contribution in [3.63, 3.8) is 0 Å². The third kappa shape index (κ3) is 6.80. The van der Waals surface area contributed by atoms with Crippen molar-refractivity contribution in [1.29, 1.82) is 0 Å². The van der Waals surface area contributed by atoms with E-state index in [1.54, 1.807) is 20.8 Å². The summed E-state index contributed by atoms with van der Waals surface area (Å²) in [5.74, 6) is -0.694. The number of hydrogen-bond acceptors (Lipinski definition) is 5. The Morgan fingerprint density at radius 1 is 1.38 bits per heavy atom. The van der Waals surface area contributed by atoms with Crippen LogP contribution in [0.2, 0.25) is 5.02 Å². The van der Waals surface area contributed by atoms with Crippen molar-refractivity contribution in [2.24, 2.45) is 0 Å². The van der Waals surface area contributed by atoms with Gasteiger partial charge in [-0.25, -0.2) is 0 Å². The number of benzene rings is 1. The van der Waals surface area contributed by atoms with Crippen LogP contribution in [0.3, 0.4) is 0 Å². The van der Waals surface area contributed by atoms with Gasteiger partial charge in [0.2, 0.25) is 0 Å². The monoisotopic (exact) mass is 383 g/mol. The summed E-state index contributed by atoms with van der Waals surface area (Å²) >= 11 is 4.43. The molecule has 9 heteroatoms.